The van der Waals surface area contributed by atoms with E-state index in [0.717, 1.165) is 51.9 Å². The number of benzene rings is 2. The van der Waals surface area contributed by atoms with Crippen molar-refractivity contribution in [3.63, 3.8) is 0 Å². The fraction of sp³-hybridized carbons (Fsp3) is 0.250. The lowest BCUT2D eigenvalue weighted by atomic mass is 10.2. The highest BCUT2D eigenvalue weighted by Crippen LogP contribution is 2.33. The number of aryl methyl sites for hydroxylation is 1. The summed E-state index contributed by atoms with van der Waals surface area (Å²) in [5, 5.41) is 5.59. The zero-order valence-corrected chi connectivity index (χ0v) is 15.2. The largest absolute Gasteiger partial charge is 0.454 e. The van der Waals surface area contributed by atoms with Crippen LogP contribution in [0.1, 0.15) is 18.3 Å². The SMILES string of the molecule is CCN(Cc1ccc2c(c1)OCO2)c1nc2ccccc2c2nc(C)nn12. The highest BCUT2D eigenvalue weighted by atomic mass is 16.7. The molecule has 7 nitrogen and oxygen atoms in total. The number of fused-ring (bicyclic) bond motifs is 4. The Morgan fingerprint density at radius 1 is 1.07 bits per heavy atom. The maximum atomic E-state index is 5.51. The molecule has 4 aromatic rings. The Hall–Kier alpha value is -3.35. The smallest absolute Gasteiger partial charge is 0.231 e. The summed E-state index contributed by atoms with van der Waals surface area (Å²) in [6.07, 6.45) is 0. The van der Waals surface area contributed by atoms with E-state index in [1.54, 1.807) is 0 Å². The van der Waals surface area contributed by atoms with E-state index >= 15 is 0 Å². The van der Waals surface area contributed by atoms with Crippen LogP contribution in [0, 0.1) is 6.92 Å². The molecule has 0 radical (unpaired) electrons. The van der Waals surface area contributed by atoms with Crippen molar-refractivity contribution < 1.29 is 9.47 Å². The van der Waals surface area contributed by atoms with Gasteiger partial charge in [0.05, 0.1) is 5.52 Å². The van der Waals surface area contributed by atoms with Gasteiger partial charge in [0.15, 0.2) is 17.1 Å². The summed E-state index contributed by atoms with van der Waals surface area (Å²) in [7, 11) is 0. The van der Waals surface area contributed by atoms with E-state index in [1.165, 1.54) is 0 Å². The van der Waals surface area contributed by atoms with Gasteiger partial charge in [0.2, 0.25) is 12.7 Å². The first kappa shape index (κ1) is 15.9. The summed E-state index contributed by atoms with van der Waals surface area (Å²) in [5.41, 5.74) is 2.87. The molecule has 0 spiro atoms. The van der Waals surface area contributed by atoms with Crippen molar-refractivity contribution in [3.8, 4) is 11.5 Å². The number of aromatic nitrogens is 4. The van der Waals surface area contributed by atoms with Crippen LogP contribution >= 0.6 is 0 Å². The van der Waals surface area contributed by atoms with Gasteiger partial charge in [-0.2, -0.15) is 4.52 Å². The Kier molecular flexibility index (Phi) is 3.60. The average molecular weight is 361 g/mol. The molecule has 2 aromatic heterocycles. The number of hydrogen-bond acceptors (Lipinski definition) is 6. The van der Waals surface area contributed by atoms with E-state index in [-0.39, 0.29) is 6.79 Å². The number of anilines is 1. The van der Waals surface area contributed by atoms with Crippen molar-refractivity contribution in [2.24, 2.45) is 0 Å². The molecule has 0 atom stereocenters. The Bertz CT molecular complexity index is 1150. The maximum Gasteiger partial charge on any atom is 0.231 e. The van der Waals surface area contributed by atoms with Gasteiger partial charge < -0.3 is 14.4 Å². The van der Waals surface area contributed by atoms with Crippen molar-refractivity contribution >= 4 is 22.5 Å². The second kappa shape index (κ2) is 6.12. The van der Waals surface area contributed by atoms with Gasteiger partial charge in [-0.05, 0) is 43.7 Å². The van der Waals surface area contributed by atoms with E-state index in [2.05, 4.69) is 28.0 Å². The van der Waals surface area contributed by atoms with Crippen molar-refractivity contribution in [1.82, 2.24) is 19.6 Å². The number of nitrogens with zero attached hydrogens (tertiary/aromatic N) is 5. The topological polar surface area (TPSA) is 64.8 Å². The molecule has 0 saturated carbocycles. The van der Waals surface area contributed by atoms with Gasteiger partial charge in [-0.15, -0.1) is 5.10 Å². The molecule has 5 rings (SSSR count). The summed E-state index contributed by atoms with van der Waals surface area (Å²) in [4.78, 5) is 11.7. The molecule has 0 fully saturated rings. The Morgan fingerprint density at radius 3 is 2.81 bits per heavy atom. The first-order valence-corrected chi connectivity index (χ1v) is 8.98. The summed E-state index contributed by atoms with van der Waals surface area (Å²) in [6.45, 7) is 5.76. The molecule has 2 aromatic carbocycles. The van der Waals surface area contributed by atoms with Crippen molar-refractivity contribution in [1.29, 1.82) is 0 Å². The van der Waals surface area contributed by atoms with Gasteiger partial charge in [0, 0.05) is 18.5 Å². The maximum absolute atomic E-state index is 5.51. The molecule has 1 aliphatic rings. The predicted octanol–water partition coefficient (Wildman–Crippen LogP) is 3.34. The van der Waals surface area contributed by atoms with E-state index < -0.39 is 0 Å². The van der Waals surface area contributed by atoms with Crippen LogP contribution in [0.5, 0.6) is 11.5 Å². The average Bonchev–Trinajstić information content (AvgIpc) is 3.31. The Labute approximate surface area is 156 Å². The van der Waals surface area contributed by atoms with Gasteiger partial charge in [-0.1, -0.05) is 18.2 Å². The van der Waals surface area contributed by atoms with Gasteiger partial charge >= 0.3 is 0 Å². The van der Waals surface area contributed by atoms with Crippen LogP contribution in [0.15, 0.2) is 42.5 Å². The van der Waals surface area contributed by atoms with Gasteiger partial charge in [0.25, 0.3) is 0 Å². The van der Waals surface area contributed by atoms with Crippen LogP contribution in [0.2, 0.25) is 0 Å². The first-order valence-electron chi connectivity index (χ1n) is 8.98. The summed E-state index contributed by atoms with van der Waals surface area (Å²) in [5.74, 6) is 3.09. The highest BCUT2D eigenvalue weighted by molar-refractivity contribution is 5.92. The molecule has 0 bridgehead atoms. The van der Waals surface area contributed by atoms with Crippen LogP contribution < -0.4 is 14.4 Å². The third-order valence-corrected chi connectivity index (χ3v) is 4.74. The van der Waals surface area contributed by atoms with E-state index in [0.29, 0.717) is 6.54 Å². The lowest BCUT2D eigenvalue weighted by Gasteiger charge is -2.23. The Balaban J connectivity index is 1.61. The monoisotopic (exact) mass is 361 g/mol. The molecular weight excluding hydrogens is 342 g/mol. The second-order valence-electron chi connectivity index (χ2n) is 6.53. The van der Waals surface area contributed by atoms with Crippen LogP contribution in [0.3, 0.4) is 0 Å². The summed E-state index contributed by atoms with van der Waals surface area (Å²) >= 11 is 0. The van der Waals surface area contributed by atoms with Crippen LogP contribution in [0.25, 0.3) is 16.6 Å². The van der Waals surface area contributed by atoms with Crippen molar-refractivity contribution in [2.45, 2.75) is 20.4 Å². The molecule has 136 valence electrons. The minimum absolute atomic E-state index is 0.279. The van der Waals surface area contributed by atoms with Crippen molar-refractivity contribution in [3.05, 3.63) is 53.9 Å². The normalized spacial score (nSPS) is 12.8. The second-order valence-corrected chi connectivity index (χ2v) is 6.53. The fourth-order valence-corrected chi connectivity index (χ4v) is 3.43. The van der Waals surface area contributed by atoms with Crippen LogP contribution in [-0.2, 0) is 6.54 Å². The first-order chi connectivity index (χ1) is 13.2. The quantitative estimate of drug-likeness (QED) is 0.555. The fourth-order valence-electron chi connectivity index (χ4n) is 3.43. The molecule has 1 aliphatic heterocycles. The summed E-state index contributed by atoms with van der Waals surface area (Å²) in [6, 6.07) is 14.1. The number of rotatable bonds is 4. The lowest BCUT2D eigenvalue weighted by Crippen LogP contribution is -2.26. The van der Waals surface area contributed by atoms with Crippen molar-refractivity contribution in [2.75, 3.05) is 18.2 Å². The molecule has 0 N–H and O–H groups in total. The highest BCUT2D eigenvalue weighted by Gasteiger charge is 2.18. The number of ether oxygens (including phenoxy) is 2. The molecule has 0 unspecified atom stereocenters. The van der Waals surface area contributed by atoms with Gasteiger partial charge in [-0.25, -0.2) is 9.97 Å². The van der Waals surface area contributed by atoms with E-state index in [4.69, 9.17) is 14.5 Å². The van der Waals surface area contributed by atoms with Gasteiger partial charge in [-0.3, -0.25) is 0 Å². The molecule has 0 amide bonds. The van der Waals surface area contributed by atoms with Crippen LogP contribution in [0.4, 0.5) is 5.95 Å². The molecule has 0 aliphatic carbocycles. The zero-order chi connectivity index (χ0) is 18.4. The molecular formula is C20H19N5O2. The van der Waals surface area contributed by atoms with E-state index in [9.17, 15) is 0 Å². The molecule has 27 heavy (non-hydrogen) atoms. The molecule has 7 heteroatoms. The minimum atomic E-state index is 0.279. The summed E-state index contributed by atoms with van der Waals surface area (Å²) < 4.78 is 12.8. The van der Waals surface area contributed by atoms with E-state index in [1.807, 2.05) is 47.8 Å². The van der Waals surface area contributed by atoms with Gasteiger partial charge in [0.1, 0.15) is 5.82 Å². The zero-order valence-electron chi connectivity index (χ0n) is 15.2. The molecule has 0 saturated heterocycles. The van der Waals surface area contributed by atoms with Crippen LogP contribution in [-0.4, -0.2) is 32.9 Å². The Morgan fingerprint density at radius 2 is 1.93 bits per heavy atom. The number of para-hydroxylation sites is 1. The number of hydrogen-bond donors (Lipinski definition) is 0. The third-order valence-electron chi connectivity index (χ3n) is 4.74. The predicted molar refractivity (Wildman–Crippen MR) is 102 cm³/mol. The standard InChI is InChI=1S/C20H19N5O2/c1-3-24(11-14-8-9-17-18(10-14)27-12-26-17)20-22-16-7-5-4-6-15(16)19-21-13(2)23-25(19)20/h4-10H,3,11-12H2,1-2H3. The molecule has 3 heterocycles. The lowest BCUT2D eigenvalue weighted by molar-refractivity contribution is 0.174. The minimum Gasteiger partial charge on any atom is -0.454 e. The third kappa shape index (κ3) is 2.63.